The van der Waals surface area contributed by atoms with E-state index in [9.17, 15) is 4.79 Å². The number of aromatic nitrogens is 3. The molecule has 1 atom stereocenters. The number of carbonyl (C=O) groups excluding carboxylic acids is 1. The van der Waals surface area contributed by atoms with Gasteiger partial charge in [0, 0.05) is 19.1 Å². The van der Waals surface area contributed by atoms with Gasteiger partial charge in [-0.15, -0.1) is 0 Å². The van der Waals surface area contributed by atoms with Crippen LogP contribution in [0.3, 0.4) is 0 Å². The van der Waals surface area contributed by atoms with Gasteiger partial charge in [0.1, 0.15) is 11.3 Å². The second-order valence-corrected chi connectivity index (χ2v) is 9.77. The number of nitrogens with zero attached hydrogens (tertiary/aromatic N) is 4. The molecule has 0 aliphatic carbocycles. The van der Waals surface area contributed by atoms with Gasteiger partial charge in [-0.3, -0.25) is 4.79 Å². The summed E-state index contributed by atoms with van der Waals surface area (Å²) in [6, 6.07) is 5.95. The molecule has 3 aromatic rings. The van der Waals surface area contributed by atoms with E-state index < -0.39 is 5.91 Å². The summed E-state index contributed by atoms with van der Waals surface area (Å²) in [6.45, 7) is 9.53. The van der Waals surface area contributed by atoms with E-state index in [1.54, 1.807) is 0 Å². The minimum Gasteiger partial charge on any atom is -0.480 e. The number of aryl methyl sites for hydroxylation is 1. The van der Waals surface area contributed by atoms with E-state index >= 15 is 0 Å². The largest absolute Gasteiger partial charge is 0.480 e. The number of primary amides is 1. The van der Waals surface area contributed by atoms with E-state index in [1.807, 2.05) is 30.0 Å². The van der Waals surface area contributed by atoms with E-state index in [2.05, 4.69) is 35.7 Å². The van der Waals surface area contributed by atoms with Crippen molar-refractivity contribution in [3.8, 4) is 34.9 Å². The van der Waals surface area contributed by atoms with Crippen LogP contribution in [0.2, 0.25) is 0 Å². The quantitative estimate of drug-likeness (QED) is 0.499. The van der Waals surface area contributed by atoms with Gasteiger partial charge in [0.15, 0.2) is 11.5 Å². The normalized spacial score (nSPS) is 15.8. The first-order valence-electron chi connectivity index (χ1n) is 11.6. The van der Waals surface area contributed by atoms with Gasteiger partial charge in [0.25, 0.3) is 5.91 Å². The molecule has 36 heavy (non-hydrogen) atoms. The van der Waals surface area contributed by atoms with Crippen molar-refractivity contribution in [3.63, 3.8) is 0 Å². The molecule has 1 saturated heterocycles. The van der Waals surface area contributed by atoms with Gasteiger partial charge < -0.3 is 35.0 Å². The number of anilines is 1. The number of amides is 1. The van der Waals surface area contributed by atoms with Crippen molar-refractivity contribution in [2.24, 2.45) is 11.5 Å². The topological polar surface area (TPSA) is 152 Å². The Morgan fingerprint density at radius 3 is 2.33 bits per heavy atom. The van der Waals surface area contributed by atoms with Crippen LogP contribution >= 0.6 is 0 Å². The highest BCUT2D eigenvalue weighted by atomic mass is 16.6. The Morgan fingerprint density at radius 1 is 1.14 bits per heavy atom. The summed E-state index contributed by atoms with van der Waals surface area (Å²) in [7, 11) is 2.90. The molecule has 1 unspecified atom stereocenters. The summed E-state index contributed by atoms with van der Waals surface area (Å²) in [5.41, 5.74) is 13.6. The maximum atomic E-state index is 12.3. The third-order valence-electron chi connectivity index (χ3n) is 6.04. The molecule has 192 valence electrons. The predicted octanol–water partition coefficient (Wildman–Crippen LogP) is 3.18. The number of rotatable bonds is 7. The van der Waals surface area contributed by atoms with E-state index in [0.29, 0.717) is 24.8 Å². The Morgan fingerprint density at radius 2 is 1.81 bits per heavy atom. The molecule has 1 fully saturated rings. The van der Waals surface area contributed by atoms with Crippen LogP contribution in [0.1, 0.15) is 48.8 Å². The summed E-state index contributed by atoms with van der Waals surface area (Å²) >= 11 is 0. The van der Waals surface area contributed by atoms with Gasteiger partial charge in [-0.2, -0.15) is 15.0 Å². The molecule has 1 aliphatic rings. The van der Waals surface area contributed by atoms with Crippen LogP contribution in [0.15, 0.2) is 22.6 Å². The smallest absolute Gasteiger partial charge is 0.400 e. The lowest BCUT2D eigenvalue weighted by Crippen LogP contribution is -2.27. The summed E-state index contributed by atoms with van der Waals surface area (Å²) in [5, 5.41) is 0. The zero-order chi connectivity index (χ0) is 26.2. The maximum Gasteiger partial charge on any atom is 0.400 e. The van der Waals surface area contributed by atoms with Gasteiger partial charge in [-0.05, 0) is 36.0 Å². The number of benzene rings is 1. The minimum atomic E-state index is -0.817. The van der Waals surface area contributed by atoms with Crippen molar-refractivity contribution >= 4 is 11.9 Å². The van der Waals surface area contributed by atoms with Gasteiger partial charge in [0.2, 0.25) is 17.7 Å². The molecule has 0 bridgehead atoms. The van der Waals surface area contributed by atoms with Crippen LogP contribution in [0.5, 0.6) is 23.6 Å². The highest BCUT2D eigenvalue weighted by Gasteiger charge is 2.31. The van der Waals surface area contributed by atoms with Crippen LogP contribution in [0.25, 0.3) is 11.3 Å². The molecule has 1 aromatic carbocycles. The van der Waals surface area contributed by atoms with Gasteiger partial charge in [-0.1, -0.05) is 32.9 Å². The zero-order valence-corrected chi connectivity index (χ0v) is 21.4. The molecule has 4 rings (SSSR count). The van der Waals surface area contributed by atoms with Gasteiger partial charge in [-0.25, -0.2) is 0 Å². The van der Waals surface area contributed by atoms with Gasteiger partial charge >= 0.3 is 6.08 Å². The van der Waals surface area contributed by atoms with Crippen molar-refractivity contribution in [1.82, 2.24) is 15.0 Å². The molecule has 2 aromatic heterocycles. The Kier molecular flexibility index (Phi) is 6.77. The molecule has 4 N–H and O–H groups in total. The second-order valence-electron chi connectivity index (χ2n) is 9.77. The van der Waals surface area contributed by atoms with Crippen molar-refractivity contribution < 1.29 is 23.4 Å². The van der Waals surface area contributed by atoms with Crippen LogP contribution < -0.4 is 30.6 Å². The zero-order valence-electron chi connectivity index (χ0n) is 21.4. The number of oxazole rings is 1. The first-order chi connectivity index (χ1) is 17.0. The lowest BCUT2D eigenvalue weighted by atomic mass is 9.86. The number of methoxy groups -OCH3 is 2. The third-order valence-corrected chi connectivity index (χ3v) is 6.04. The fourth-order valence-corrected chi connectivity index (χ4v) is 3.96. The fourth-order valence-electron chi connectivity index (χ4n) is 3.96. The number of hydrogen-bond donors (Lipinski definition) is 2. The first kappa shape index (κ1) is 25.2. The van der Waals surface area contributed by atoms with Crippen molar-refractivity contribution in [3.05, 3.63) is 35.0 Å². The van der Waals surface area contributed by atoms with Crippen LogP contribution in [0, 0.1) is 6.92 Å². The van der Waals surface area contributed by atoms with Crippen molar-refractivity contribution in [1.29, 1.82) is 0 Å². The molecular formula is C25H32N6O5. The second kappa shape index (κ2) is 9.65. The monoisotopic (exact) mass is 496 g/mol. The Balaban J connectivity index is 1.79. The van der Waals surface area contributed by atoms with Crippen LogP contribution in [-0.2, 0) is 5.41 Å². The lowest BCUT2D eigenvalue weighted by Gasteiger charge is -2.20. The third kappa shape index (κ3) is 4.92. The average molecular weight is 497 g/mol. The average Bonchev–Trinajstić information content (AvgIpc) is 3.45. The number of ether oxygens (including phenoxy) is 3. The highest BCUT2D eigenvalue weighted by Crippen LogP contribution is 2.42. The minimum absolute atomic E-state index is 0.0134. The Hall–Kier alpha value is -3.86. The Labute approximate surface area is 209 Å². The fraction of sp³-hybridized carbons (Fsp3) is 0.440. The molecule has 11 heteroatoms. The molecule has 11 nitrogen and oxygen atoms in total. The molecule has 3 heterocycles. The van der Waals surface area contributed by atoms with Crippen LogP contribution in [-0.4, -0.2) is 54.2 Å². The summed E-state index contributed by atoms with van der Waals surface area (Å²) in [6.07, 6.45) is 0.659. The van der Waals surface area contributed by atoms with E-state index in [1.165, 1.54) is 14.2 Å². The summed E-state index contributed by atoms with van der Waals surface area (Å²) in [5.74, 6) is 0.374. The molecule has 1 aliphatic heterocycles. The summed E-state index contributed by atoms with van der Waals surface area (Å²) in [4.78, 5) is 27.5. The molecule has 1 amide bonds. The molecule has 0 saturated carbocycles. The van der Waals surface area contributed by atoms with Crippen molar-refractivity contribution in [2.45, 2.75) is 45.6 Å². The van der Waals surface area contributed by atoms with E-state index in [4.69, 9.17) is 30.1 Å². The Bertz CT molecular complexity index is 1260. The van der Waals surface area contributed by atoms with E-state index in [0.717, 1.165) is 17.5 Å². The molecular weight excluding hydrogens is 464 g/mol. The first-order valence-corrected chi connectivity index (χ1v) is 11.6. The highest BCUT2D eigenvalue weighted by molar-refractivity contribution is 5.98. The maximum absolute atomic E-state index is 12.3. The number of nitrogens with two attached hydrogens (primary N) is 2. The SMILES string of the molecule is COc1nc(N2CCC(N)C2)nc(OC)c1-c1oc(Oc2cc(C(C)(C)C)ccc2C)nc1C(N)=O. The number of carbonyl (C=O) groups is 1. The predicted molar refractivity (Wildman–Crippen MR) is 134 cm³/mol. The summed E-state index contributed by atoms with van der Waals surface area (Å²) < 4.78 is 22.9. The van der Waals surface area contributed by atoms with Crippen LogP contribution in [0.4, 0.5) is 5.95 Å². The standard InChI is InChI=1S/C25H32N6O5/c1-13-7-8-14(25(2,3)4)11-16(13)35-24-28-18(20(27)32)19(36-24)17-21(33-5)29-23(30-22(17)34-6)31-10-9-15(26)12-31/h7-8,11,15H,9-10,12,26H2,1-6H3,(H2,27,32). The lowest BCUT2D eigenvalue weighted by molar-refractivity contribution is 0.0996. The van der Waals surface area contributed by atoms with E-state index in [-0.39, 0.29) is 46.3 Å². The molecule has 0 radical (unpaired) electrons. The molecule has 0 spiro atoms. The van der Waals surface area contributed by atoms with Gasteiger partial charge in [0.05, 0.1) is 14.2 Å². The number of hydrogen-bond acceptors (Lipinski definition) is 10. The van der Waals surface area contributed by atoms with Crippen molar-refractivity contribution in [2.75, 3.05) is 32.2 Å².